The van der Waals surface area contributed by atoms with E-state index < -0.39 is 11.7 Å². The molecule has 2 aliphatic rings. The van der Waals surface area contributed by atoms with Crippen molar-refractivity contribution in [2.45, 2.75) is 25.3 Å². The molecule has 0 spiro atoms. The summed E-state index contributed by atoms with van der Waals surface area (Å²) in [5.41, 5.74) is 0.809. The number of likely N-dealkylation sites (tertiary alicyclic amines) is 1. The largest absolute Gasteiger partial charge is 0.497 e. The highest BCUT2D eigenvalue weighted by Gasteiger charge is 2.36. The summed E-state index contributed by atoms with van der Waals surface area (Å²) in [7, 11) is 1.58. The Balaban J connectivity index is 1.29. The average molecular weight is 439 g/mol. The summed E-state index contributed by atoms with van der Waals surface area (Å²) < 4.78 is 19.0. The maximum absolute atomic E-state index is 13.9. The Morgan fingerprint density at radius 2 is 1.75 bits per heavy atom. The van der Waals surface area contributed by atoms with Crippen LogP contribution in [0.3, 0.4) is 0 Å². The standard InChI is InChI=1S/C24H26FN3O4/c1-32-19-8-6-18(7-9-19)28-15-16(14-22(28)29)23(30)26-17-10-12-27(13-11-17)24(31)20-4-2-3-5-21(20)25/h2-9,16-17H,10-15H2,1H3,(H,26,30). The molecule has 1 unspecified atom stereocenters. The fourth-order valence-electron chi connectivity index (χ4n) is 4.25. The first-order valence-corrected chi connectivity index (χ1v) is 10.7. The molecule has 0 aromatic heterocycles. The molecule has 2 heterocycles. The topological polar surface area (TPSA) is 79.0 Å². The van der Waals surface area contributed by atoms with Crippen LogP contribution >= 0.6 is 0 Å². The maximum Gasteiger partial charge on any atom is 0.256 e. The van der Waals surface area contributed by atoms with Gasteiger partial charge in [0.1, 0.15) is 11.6 Å². The molecule has 168 valence electrons. The molecule has 7 nitrogen and oxygen atoms in total. The Kier molecular flexibility index (Phi) is 6.39. The first-order valence-electron chi connectivity index (χ1n) is 10.7. The third-order valence-corrected chi connectivity index (χ3v) is 6.11. The minimum Gasteiger partial charge on any atom is -0.497 e. The van der Waals surface area contributed by atoms with Gasteiger partial charge in [-0.2, -0.15) is 0 Å². The maximum atomic E-state index is 13.9. The van der Waals surface area contributed by atoms with Gasteiger partial charge < -0.3 is 19.9 Å². The second kappa shape index (κ2) is 9.38. The zero-order valence-electron chi connectivity index (χ0n) is 17.9. The number of methoxy groups -OCH3 is 1. The lowest BCUT2D eigenvalue weighted by Crippen LogP contribution is -2.48. The minimum atomic E-state index is -0.528. The molecular formula is C24H26FN3O4. The number of hydrogen-bond donors (Lipinski definition) is 1. The smallest absolute Gasteiger partial charge is 0.256 e. The van der Waals surface area contributed by atoms with Crippen molar-refractivity contribution in [1.29, 1.82) is 0 Å². The molecule has 0 saturated carbocycles. The SMILES string of the molecule is COc1ccc(N2CC(C(=O)NC3CCN(C(=O)c4ccccc4F)CC3)CC2=O)cc1. The summed E-state index contributed by atoms with van der Waals surface area (Å²) in [6.45, 7) is 1.22. The van der Waals surface area contributed by atoms with Gasteiger partial charge in [-0.25, -0.2) is 4.39 Å². The van der Waals surface area contributed by atoms with Crippen LogP contribution in [0.15, 0.2) is 48.5 Å². The summed E-state index contributed by atoms with van der Waals surface area (Å²) in [6, 6.07) is 13.1. The summed E-state index contributed by atoms with van der Waals surface area (Å²) in [5.74, 6) is -0.796. The van der Waals surface area contributed by atoms with Gasteiger partial charge in [0.15, 0.2) is 0 Å². The first kappa shape index (κ1) is 21.8. The van der Waals surface area contributed by atoms with E-state index in [1.165, 1.54) is 12.1 Å². The summed E-state index contributed by atoms with van der Waals surface area (Å²) in [6.07, 6.45) is 1.35. The average Bonchev–Trinajstić information content (AvgIpc) is 3.21. The van der Waals surface area contributed by atoms with E-state index in [2.05, 4.69) is 5.32 Å². The molecule has 4 rings (SSSR count). The van der Waals surface area contributed by atoms with E-state index in [9.17, 15) is 18.8 Å². The molecule has 2 aliphatic heterocycles. The fraction of sp³-hybridized carbons (Fsp3) is 0.375. The van der Waals surface area contributed by atoms with Crippen LogP contribution in [-0.4, -0.2) is 55.4 Å². The molecule has 0 bridgehead atoms. The van der Waals surface area contributed by atoms with Gasteiger partial charge in [-0.3, -0.25) is 14.4 Å². The molecule has 2 aromatic rings. The van der Waals surface area contributed by atoms with E-state index in [1.807, 2.05) is 0 Å². The third kappa shape index (κ3) is 4.59. The van der Waals surface area contributed by atoms with Crippen molar-refractivity contribution in [2.24, 2.45) is 5.92 Å². The lowest BCUT2D eigenvalue weighted by atomic mass is 10.0. The molecule has 2 aromatic carbocycles. The Bertz CT molecular complexity index is 1000. The molecule has 2 fully saturated rings. The number of piperidine rings is 1. The van der Waals surface area contributed by atoms with Gasteiger partial charge in [0.25, 0.3) is 5.91 Å². The Morgan fingerprint density at radius 3 is 2.41 bits per heavy atom. The lowest BCUT2D eigenvalue weighted by Gasteiger charge is -2.33. The normalized spacial score (nSPS) is 19.2. The highest BCUT2D eigenvalue weighted by Crippen LogP contribution is 2.27. The van der Waals surface area contributed by atoms with Crippen LogP contribution < -0.4 is 15.0 Å². The van der Waals surface area contributed by atoms with E-state index in [1.54, 1.807) is 53.3 Å². The van der Waals surface area contributed by atoms with E-state index in [4.69, 9.17) is 4.74 Å². The molecule has 1 atom stereocenters. The number of hydrogen-bond acceptors (Lipinski definition) is 4. The van der Waals surface area contributed by atoms with Crippen LogP contribution in [0.1, 0.15) is 29.6 Å². The van der Waals surface area contributed by atoms with Gasteiger partial charge in [-0.15, -0.1) is 0 Å². The molecule has 0 aliphatic carbocycles. The predicted octanol–water partition coefficient (Wildman–Crippen LogP) is 2.61. The zero-order chi connectivity index (χ0) is 22.7. The molecule has 32 heavy (non-hydrogen) atoms. The number of benzene rings is 2. The van der Waals surface area contributed by atoms with Gasteiger partial charge in [0.05, 0.1) is 18.6 Å². The molecule has 2 saturated heterocycles. The van der Waals surface area contributed by atoms with E-state index >= 15 is 0 Å². The van der Waals surface area contributed by atoms with Crippen LogP contribution in [0.4, 0.5) is 10.1 Å². The molecular weight excluding hydrogens is 413 g/mol. The number of ether oxygens (including phenoxy) is 1. The van der Waals surface area contributed by atoms with Crippen LogP contribution in [0.2, 0.25) is 0 Å². The van der Waals surface area contributed by atoms with Crippen LogP contribution in [0.5, 0.6) is 5.75 Å². The first-order chi connectivity index (χ1) is 15.5. The summed E-state index contributed by atoms with van der Waals surface area (Å²) in [5, 5.41) is 3.03. The van der Waals surface area contributed by atoms with Crippen molar-refractivity contribution >= 4 is 23.4 Å². The number of anilines is 1. The summed E-state index contributed by atoms with van der Waals surface area (Å²) >= 11 is 0. The van der Waals surface area contributed by atoms with Crippen molar-refractivity contribution < 1.29 is 23.5 Å². The van der Waals surface area contributed by atoms with Gasteiger partial charge in [0, 0.05) is 37.8 Å². The van der Waals surface area contributed by atoms with Crippen molar-refractivity contribution in [2.75, 3.05) is 31.6 Å². The van der Waals surface area contributed by atoms with Crippen LogP contribution in [0, 0.1) is 11.7 Å². The Morgan fingerprint density at radius 1 is 1.06 bits per heavy atom. The van der Waals surface area contributed by atoms with Crippen LogP contribution in [0.25, 0.3) is 0 Å². The van der Waals surface area contributed by atoms with Crippen molar-refractivity contribution in [1.82, 2.24) is 10.2 Å². The Hall–Kier alpha value is -3.42. The van der Waals surface area contributed by atoms with Crippen molar-refractivity contribution in [3.05, 3.63) is 59.9 Å². The van der Waals surface area contributed by atoms with E-state index in [0.717, 1.165) is 5.69 Å². The number of nitrogens with zero attached hydrogens (tertiary/aromatic N) is 2. The van der Waals surface area contributed by atoms with Gasteiger partial charge in [-0.1, -0.05) is 12.1 Å². The van der Waals surface area contributed by atoms with E-state index in [0.29, 0.717) is 38.2 Å². The summed E-state index contributed by atoms with van der Waals surface area (Å²) in [4.78, 5) is 41.0. The highest BCUT2D eigenvalue weighted by molar-refractivity contribution is 6.00. The molecule has 0 radical (unpaired) electrons. The second-order valence-electron chi connectivity index (χ2n) is 8.16. The van der Waals surface area contributed by atoms with Gasteiger partial charge in [0.2, 0.25) is 11.8 Å². The predicted molar refractivity (Wildman–Crippen MR) is 117 cm³/mol. The minimum absolute atomic E-state index is 0.0677. The quantitative estimate of drug-likeness (QED) is 0.777. The zero-order valence-corrected chi connectivity index (χ0v) is 17.9. The highest BCUT2D eigenvalue weighted by atomic mass is 19.1. The molecule has 3 amide bonds. The number of rotatable bonds is 5. The number of nitrogens with one attached hydrogen (secondary N) is 1. The Labute approximate surface area is 186 Å². The second-order valence-corrected chi connectivity index (χ2v) is 8.16. The fourth-order valence-corrected chi connectivity index (χ4v) is 4.25. The monoisotopic (exact) mass is 439 g/mol. The van der Waals surface area contributed by atoms with Crippen molar-refractivity contribution in [3.8, 4) is 5.75 Å². The number of carbonyl (C=O) groups is 3. The van der Waals surface area contributed by atoms with Crippen molar-refractivity contribution in [3.63, 3.8) is 0 Å². The number of amides is 3. The lowest BCUT2D eigenvalue weighted by molar-refractivity contribution is -0.127. The van der Waals surface area contributed by atoms with Gasteiger partial charge >= 0.3 is 0 Å². The van der Waals surface area contributed by atoms with Gasteiger partial charge in [-0.05, 0) is 49.2 Å². The van der Waals surface area contributed by atoms with E-state index in [-0.39, 0.29) is 35.7 Å². The number of carbonyl (C=O) groups excluding carboxylic acids is 3. The molecule has 1 N–H and O–H groups in total. The van der Waals surface area contributed by atoms with Crippen LogP contribution in [-0.2, 0) is 9.59 Å². The number of halogens is 1. The molecule has 8 heteroatoms. The third-order valence-electron chi connectivity index (χ3n) is 6.11.